The van der Waals surface area contributed by atoms with Gasteiger partial charge in [0.05, 0.1) is 44.5 Å². The second-order valence-corrected chi connectivity index (χ2v) is 13.1. The van der Waals surface area contributed by atoms with E-state index >= 15 is 0 Å². The number of aromatic nitrogens is 2. The second kappa shape index (κ2) is 9.77. The van der Waals surface area contributed by atoms with Crippen molar-refractivity contribution in [1.82, 2.24) is 14.7 Å². The maximum atomic E-state index is 12.8. The number of ether oxygens (including phenoxy) is 2. The average Bonchev–Trinajstić information content (AvgIpc) is 3.28. The molecule has 1 spiro atoms. The van der Waals surface area contributed by atoms with Crippen LogP contribution >= 0.6 is 0 Å². The van der Waals surface area contributed by atoms with Crippen LogP contribution < -0.4 is 10.5 Å². The van der Waals surface area contributed by atoms with Gasteiger partial charge in [0, 0.05) is 36.5 Å². The number of nitrogen functional groups attached to an aromatic ring is 1. The number of carbonyl (C=O) groups is 1. The number of piperidine rings is 2. The molecule has 3 fully saturated rings. The molecule has 2 N–H and O–H groups in total. The molecule has 37 heavy (non-hydrogen) atoms. The molecular formula is C29H46N5O3+. The third kappa shape index (κ3) is 5.46. The smallest absolute Gasteiger partial charge is 0.495 e. The first kappa shape index (κ1) is 26.3. The second-order valence-electron chi connectivity index (χ2n) is 13.1. The summed E-state index contributed by atoms with van der Waals surface area (Å²) in [6, 6.07) is 5.04. The third-order valence-corrected chi connectivity index (χ3v) is 9.39. The Bertz CT molecular complexity index is 1110. The first-order valence-corrected chi connectivity index (χ1v) is 14.1. The van der Waals surface area contributed by atoms with Crippen molar-refractivity contribution >= 4 is 22.7 Å². The lowest BCUT2D eigenvalue weighted by molar-refractivity contribution is -0.847. The zero-order chi connectivity index (χ0) is 26.4. The molecule has 8 heteroatoms. The number of nitrogens with zero attached hydrogens (tertiary/aromatic N) is 4. The number of fused-ring (bicyclic) bond motifs is 1. The number of benzene rings is 1. The fraction of sp³-hybridized carbons (Fsp3) is 0.724. The maximum Gasteiger partial charge on any atom is 0.516 e. The molecule has 0 atom stereocenters. The molecule has 0 unspecified atom stereocenters. The summed E-state index contributed by atoms with van der Waals surface area (Å²) < 4.78 is 13.7. The topological polar surface area (TPSA) is 82.6 Å². The number of carbonyl (C=O) groups excluding carboxylic acids is 1. The number of likely N-dealkylation sites (tertiary alicyclic amines) is 2. The Morgan fingerprint density at radius 2 is 1.68 bits per heavy atom. The molecule has 1 aliphatic carbocycles. The zero-order valence-electron chi connectivity index (χ0n) is 23.5. The van der Waals surface area contributed by atoms with Gasteiger partial charge >= 0.3 is 6.09 Å². The van der Waals surface area contributed by atoms with E-state index in [1.54, 1.807) is 7.11 Å². The molecule has 2 aromatic rings. The number of nitrogens with two attached hydrogens (primary N) is 1. The molecule has 8 nitrogen and oxygen atoms in total. The monoisotopic (exact) mass is 512 g/mol. The van der Waals surface area contributed by atoms with Crippen molar-refractivity contribution in [1.29, 1.82) is 0 Å². The Labute approximate surface area is 221 Å². The highest BCUT2D eigenvalue weighted by Crippen LogP contribution is 2.44. The Hall–Kier alpha value is -2.32. The van der Waals surface area contributed by atoms with E-state index in [1.165, 1.54) is 51.6 Å². The average molecular weight is 513 g/mol. The fourth-order valence-electron chi connectivity index (χ4n) is 6.76. The lowest BCUT2D eigenvalue weighted by atomic mass is 9.70. The third-order valence-electron chi connectivity index (χ3n) is 9.39. The molecule has 204 valence electrons. The van der Waals surface area contributed by atoms with Gasteiger partial charge in [-0.15, -0.1) is 0 Å². The van der Waals surface area contributed by atoms with Gasteiger partial charge in [-0.25, -0.2) is 4.48 Å². The number of hydrogen-bond acceptors (Lipinski definition) is 6. The SMILES string of the molecule is COc1cc2nn(C3CCC(N4CCC5(CC4)CC[N+](C)(C(=O)OC(C)(C)C)CC5)CC3)cc2cc1N. The molecule has 0 radical (unpaired) electrons. The van der Waals surface area contributed by atoms with Gasteiger partial charge in [-0.3, -0.25) is 4.68 Å². The summed E-state index contributed by atoms with van der Waals surface area (Å²) in [5.74, 6) is 0.690. The van der Waals surface area contributed by atoms with Gasteiger partial charge in [0.1, 0.15) is 11.4 Å². The van der Waals surface area contributed by atoms with E-state index < -0.39 is 5.60 Å². The number of methoxy groups -OCH3 is 1. The Kier molecular flexibility index (Phi) is 6.94. The van der Waals surface area contributed by atoms with Crippen LogP contribution in [0.5, 0.6) is 5.75 Å². The molecule has 3 aliphatic rings. The highest BCUT2D eigenvalue weighted by Gasteiger charge is 2.47. The number of amides is 1. The summed E-state index contributed by atoms with van der Waals surface area (Å²) in [6.45, 7) is 10.0. The molecule has 0 bridgehead atoms. The predicted octanol–water partition coefficient (Wildman–Crippen LogP) is 5.37. The van der Waals surface area contributed by atoms with Gasteiger partial charge in [-0.2, -0.15) is 9.89 Å². The summed E-state index contributed by atoms with van der Waals surface area (Å²) in [5, 5.41) is 5.94. The van der Waals surface area contributed by atoms with Crippen molar-refractivity contribution in [2.75, 3.05) is 46.1 Å². The van der Waals surface area contributed by atoms with Crippen molar-refractivity contribution in [3.63, 3.8) is 0 Å². The molecule has 2 saturated heterocycles. The Morgan fingerprint density at radius 3 is 2.27 bits per heavy atom. The van der Waals surface area contributed by atoms with E-state index in [1.807, 2.05) is 32.9 Å². The minimum Gasteiger partial charge on any atom is -0.495 e. The van der Waals surface area contributed by atoms with Crippen molar-refractivity contribution in [2.45, 2.75) is 89.8 Å². The van der Waals surface area contributed by atoms with Crippen LogP contribution in [-0.4, -0.2) is 77.2 Å². The molecule has 1 aromatic carbocycles. The van der Waals surface area contributed by atoms with Crippen LogP contribution in [0.25, 0.3) is 10.9 Å². The molecule has 1 aromatic heterocycles. The van der Waals surface area contributed by atoms with E-state index in [0.717, 1.165) is 36.8 Å². The lowest BCUT2D eigenvalue weighted by Crippen LogP contribution is -2.59. The summed E-state index contributed by atoms with van der Waals surface area (Å²) in [6.07, 6.45) is 11.6. The van der Waals surface area contributed by atoms with Crippen LogP contribution in [0.3, 0.4) is 0 Å². The minimum atomic E-state index is -0.426. The quantitative estimate of drug-likeness (QED) is 0.440. The van der Waals surface area contributed by atoms with E-state index in [9.17, 15) is 4.79 Å². The zero-order valence-corrected chi connectivity index (χ0v) is 23.5. The summed E-state index contributed by atoms with van der Waals surface area (Å²) in [5.41, 5.74) is 7.69. The molecule has 1 saturated carbocycles. The first-order valence-electron chi connectivity index (χ1n) is 14.1. The maximum absolute atomic E-state index is 12.8. The van der Waals surface area contributed by atoms with Gasteiger partial charge in [0.25, 0.3) is 0 Å². The van der Waals surface area contributed by atoms with E-state index in [2.05, 4.69) is 22.8 Å². The number of anilines is 1. The molecule has 2 aliphatic heterocycles. The van der Waals surface area contributed by atoms with Gasteiger partial charge in [-0.1, -0.05) is 0 Å². The molecule has 5 rings (SSSR count). The summed E-state index contributed by atoms with van der Waals surface area (Å²) in [4.78, 5) is 15.6. The van der Waals surface area contributed by atoms with E-state index in [0.29, 0.717) is 33.4 Å². The van der Waals surface area contributed by atoms with E-state index in [-0.39, 0.29) is 6.09 Å². The minimum absolute atomic E-state index is 0.0655. The first-order chi connectivity index (χ1) is 17.5. The highest BCUT2D eigenvalue weighted by atomic mass is 16.6. The molecular weight excluding hydrogens is 466 g/mol. The lowest BCUT2D eigenvalue weighted by Gasteiger charge is -2.50. The largest absolute Gasteiger partial charge is 0.516 e. The van der Waals surface area contributed by atoms with E-state index in [4.69, 9.17) is 20.3 Å². The van der Waals surface area contributed by atoms with Gasteiger partial charge < -0.3 is 20.1 Å². The van der Waals surface area contributed by atoms with Crippen molar-refractivity contribution < 1.29 is 18.8 Å². The fourth-order valence-corrected chi connectivity index (χ4v) is 6.76. The van der Waals surface area contributed by atoms with Crippen molar-refractivity contribution in [3.05, 3.63) is 18.3 Å². The number of quaternary nitrogens is 1. The predicted molar refractivity (Wildman–Crippen MR) is 147 cm³/mol. The van der Waals surface area contributed by atoms with Crippen LogP contribution in [0.15, 0.2) is 18.3 Å². The highest BCUT2D eigenvalue weighted by molar-refractivity contribution is 5.84. The van der Waals surface area contributed by atoms with Crippen molar-refractivity contribution in [3.8, 4) is 5.75 Å². The van der Waals surface area contributed by atoms with Crippen LogP contribution in [0, 0.1) is 5.41 Å². The summed E-state index contributed by atoms with van der Waals surface area (Å²) >= 11 is 0. The van der Waals surface area contributed by atoms with Gasteiger partial charge in [0.15, 0.2) is 0 Å². The number of hydrogen-bond donors (Lipinski definition) is 1. The van der Waals surface area contributed by atoms with Crippen LogP contribution in [0.4, 0.5) is 10.5 Å². The van der Waals surface area contributed by atoms with Crippen LogP contribution in [0.1, 0.15) is 78.2 Å². The number of rotatable bonds is 3. The Balaban J connectivity index is 1.12. The molecule has 1 amide bonds. The van der Waals surface area contributed by atoms with Crippen molar-refractivity contribution in [2.24, 2.45) is 5.41 Å². The van der Waals surface area contributed by atoms with Gasteiger partial charge in [0.2, 0.25) is 0 Å². The molecule has 3 heterocycles. The Morgan fingerprint density at radius 1 is 1.05 bits per heavy atom. The standard InChI is InChI=1S/C29H46N5O3/c1-28(2,3)37-27(35)34(4)16-12-29(13-17-34)10-14-32(15-11-29)22-6-8-23(9-7-22)33-20-21-18-24(30)26(36-5)19-25(21)31-33/h18-20,22-23H,6-17,30H2,1-5H3/q+1. The van der Waals surface area contributed by atoms with Gasteiger partial charge in [-0.05, 0) is 83.9 Å². The normalized spacial score (nSPS) is 26.3. The van der Waals surface area contributed by atoms with Crippen LogP contribution in [-0.2, 0) is 4.74 Å². The van der Waals surface area contributed by atoms with Crippen LogP contribution in [0.2, 0.25) is 0 Å². The summed E-state index contributed by atoms with van der Waals surface area (Å²) in [7, 11) is 3.70.